The van der Waals surface area contributed by atoms with Crippen molar-refractivity contribution in [3.05, 3.63) is 52.5 Å². The molecular weight excluding hydrogens is 383 g/mol. The van der Waals surface area contributed by atoms with Crippen LogP contribution in [0.25, 0.3) is 0 Å². The molecule has 1 N–H and O–H groups in total. The van der Waals surface area contributed by atoms with Gasteiger partial charge in [0.15, 0.2) is 0 Å². The number of piperidine rings is 1. The first-order valence-corrected chi connectivity index (χ1v) is 9.99. The van der Waals surface area contributed by atoms with Crippen LogP contribution in [0.1, 0.15) is 19.3 Å². The van der Waals surface area contributed by atoms with Crippen molar-refractivity contribution in [2.75, 3.05) is 16.2 Å². The molecule has 1 fully saturated rings. The number of carbonyl (C=O) groups excluding carboxylic acids is 1. The first-order valence-electron chi connectivity index (χ1n) is 7.75. The van der Waals surface area contributed by atoms with E-state index in [-0.39, 0.29) is 20.8 Å². The topological polar surface area (TPSA) is 66.5 Å². The second-order valence-electron chi connectivity index (χ2n) is 5.73. The lowest BCUT2D eigenvalue weighted by Gasteiger charge is -2.26. The zero-order valence-corrected chi connectivity index (χ0v) is 15.5. The largest absolute Gasteiger partial charge is 0.312 e. The number of hydrogen-bond donors (Lipinski definition) is 1. The van der Waals surface area contributed by atoms with Gasteiger partial charge in [0.1, 0.15) is 4.90 Å². The van der Waals surface area contributed by atoms with E-state index in [0.29, 0.717) is 18.7 Å². The van der Waals surface area contributed by atoms with Crippen LogP contribution in [0, 0.1) is 0 Å². The number of nitrogens with one attached hydrogen (secondary N) is 1. The molecule has 5 nitrogen and oxygen atoms in total. The lowest BCUT2D eigenvalue weighted by atomic mass is 10.1. The van der Waals surface area contributed by atoms with E-state index >= 15 is 0 Å². The normalized spacial score (nSPS) is 15.3. The van der Waals surface area contributed by atoms with E-state index in [2.05, 4.69) is 4.72 Å². The van der Waals surface area contributed by atoms with Crippen LogP contribution in [-0.2, 0) is 14.8 Å². The molecule has 0 spiro atoms. The quantitative estimate of drug-likeness (QED) is 0.833. The monoisotopic (exact) mass is 398 g/mol. The highest BCUT2D eigenvalue weighted by atomic mass is 35.5. The summed E-state index contributed by atoms with van der Waals surface area (Å²) in [6, 6.07) is 10.9. The standard InChI is InChI=1S/C17H16Cl2N2O3S/c18-12-4-9-15(19)16(11-12)25(23,24)20-13-5-7-14(8-6-13)21-10-2-1-3-17(21)22/h4-9,11,20H,1-3,10H2. The van der Waals surface area contributed by atoms with E-state index in [9.17, 15) is 13.2 Å². The summed E-state index contributed by atoms with van der Waals surface area (Å²) in [6.45, 7) is 0.683. The van der Waals surface area contributed by atoms with Crippen molar-refractivity contribution < 1.29 is 13.2 Å². The van der Waals surface area contributed by atoms with Gasteiger partial charge in [-0.1, -0.05) is 23.2 Å². The Kier molecular flexibility index (Phi) is 5.22. The average molecular weight is 399 g/mol. The SMILES string of the molecule is O=C1CCCCN1c1ccc(NS(=O)(=O)c2cc(Cl)ccc2Cl)cc1. The Balaban J connectivity index is 1.81. The van der Waals surface area contributed by atoms with E-state index in [4.69, 9.17) is 23.2 Å². The summed E-state index contributed by atoms with van der Waals surface area (Å²) in [5.74, 6) is 0.0882. The van der Waals surface area contributed by atoms with Crippen molar-refractivity contribution in [3.63, 3.8) is 0 Å². The second kappa shape index (κ2) is 7.23. The highest BCUT2D eigenvalue weighted by molar-refractivity contribution is 7.92. The van der Waals surface area contributed by atoms with Crippen LogP contribution in [0.5, 0.6) is 0 Å². The van der Waals surface area contributed by atoms with Crippen molar-refractivity contribution in [2.45, 2.75) is 24.2 Å². The van der Waals surface area contributed by atoms with Gasteiger partial charge in [-0.2, -0.15) is 0 Å². The fraction of sp³-hybridized carbons (Fsp3) is 0.235. The van der Waals surface area contributed by atoms with Gasteiger partial charge in [-0.15, -0.1) is 0 Å². The van der Waals surface area contributed by atoms with E-state index in [1.165, 1.54) is 18.2 Å². The summed E-state index contributed by atoms with van der Waals surface area (Å²) >= 11 is 11.8. The first kappa shape index (κ1) is 18.0. The Labute approximate surface area is 156 Å². The highest BCUT2D eigenvalue weighted by Crippen LogP contribution is 2.28. The lowest BCUT2D eigenvalue weighted by molar-refractivity contribution is -0.119. The number of carbonyl (C=O) groups is 1. The molecule has 0 radical (unpaired) electrons. The molecule has 1 saturated heterocycles. The van der Waals surface area contributed by atoms with Crippen molar-refractivity contribution in [2.24, 2.45) is 0 Å². The zero-order valence-electron chi connectivity index (χ0n) is 13.2. The van der Waals surface area contributed by atoms with Gasteiger partial charge in [0.25, 0.3) is 10.0 Å². The molecule has 1 aliphatic heterocycles. The van der Waals surface area contributed by atoms with Crippen molar-refractivity contribution in [1.82, 2.24) is 0 Å². The van der Waals surface area contributed by atoms with Crippen LogP contribution in [0.2, 0.25) is 10.0 Å². The molecule has 2 aromatic carbocycles. The number of hydrogen-bond acceptors (Lipinski definition) is 3. The van der Waals surface area contributed by atoms with Gasteiger partial charge in [0, 0.05) is 29.4 Å². The number of anilines is 2. The van der Waals surface area contributed by atoms with Gasteiger partial charge in [-0.05, 0) is 55.3 Å². The van der Waals surface area contributed by atoms with Gasteiger partial charge in [0.2, 0.25) is 5.91 Å². The predicted octanol–water partition coefficient (Wildman–Crippen LogP) is 4.31. The molecule has 0 bridgehead atoms. The van der Waals surface area contributed by atoms with E-state index in [0.717, 1.165) is 18.5 Å². The van der Waals surface area contributed by atoms with Crippen molar-refractivity contribution >= 4 is 50.5 Å². The molecule has 1 amide bonds. The fourth-order valence-electron chi connectivity index (χ4n) is 2.68. The van der Waals surface area contributed by atoms with Gasteiger partial charge < -0.3 is 4.90 Å². The van der Waals surface area contributed by atoms with Gasteiger partial charge in [-0.3, -0.25) is 9.52 Å². The number of benzene rings is 2. The fourth-order valence-corrected chi connectivity index (χ4v) is 4.50. The molecule has 2 aromatic rings. The smallest absolute Gasteiger partial charge is 0.263 e. The maximum Gasteiger partial charge on any atom is 0.263 e. The summed E-state index contributed by atoms with van der Waals surface area (Å²) in [5, 5.41) is 0.371. The minimum atomic E-state index is -3.86. The predicted molar refractivity (Wildman–Crippen MR) is 99.9 cm³/mol. The molecule has 0 aliphatic carbocycles. The summed E-state index contributed by atoms with van der Waals surface area (Å²) in [5.41, 5.74) is 1.14. The summed E-state index contributed by atoms with van der Waals surface area (Å²) in [4.78, 5) is 13.6. The third-order valence-electron chi connectivity index (χ3n) is 3.94. The molecule has 1 aliphatic rings. The first-order chi connectivity index (χ1) is 11.9. The van der Waals surface area contributed by atoms with E-state index < -0.39 is 10.0 Å². The second-order valence-corrected chi connectivity index (χ2v) is 8.22. The van der Waals surface area contributed by atoms with Crippen LogP contribution in [0.3, 0.4) is 0 Å². The molecule has 25 heavy (non-hydrogen) atoms. The third-order valence-corrected chi connectivity index (χ3v) is 6.04. The molecule has 8 heteroatoms. The number of rotatable bonds is 4. The molecule has 0 atom stereocenters. The maximum absolute atomic E-state index is 12.5. The average Bonchev–Trinajstić information content (AvgIpc) is 2.58. The molecule has 0 aromatic heterocycles. The molecule has 0 unspecified atom stereocenters. The summed E-state index contributed by atoms with van der Waals surface area (Å²) in [6.07, 6.45) is 2.42. The van der Waals surface area contributed by atoms with Gasteiger partial charge in [0.05, 0.1) is 5.02 Å². The Morgan fingerprint density at radius 2 is 1.72 bits per heavy atom. The number of nitrogens with zero attached hydrogens (tertiary/aromatic N) is 1. The van der Waals surface area contributed by atoms with Crippen molar-refractivity contribution in [1.29, 1.82) is 0 Å². The van der Waals surface area contributed by atoms with Crippen LogP contribution in [0.15, 0.2) is 47.4 Å². The Morgan fingerprint density at radius 3 is 2.40 bits per heavy atom. The molecule has 3 rings (SSSR count). The molecule has 132 valence electrons. The lowest BCUT2D eigenvalue weighted by Crippen LogP contribution is -2.35. The zero-order chi connectivity index (χ0) is 18.0. The van der Waals surface area contributed by atoms with Crippen LogP contribution in [-0.4, -0.2) is 20.9 Å². The van der Waals surface area contributed by atoms with Gasteiger partial charge in [-0.25, -0.2) is 8.42 Å². The third kappa shape index (κ3) is 4.08. The minimum absolute atomic E-state index is 0.0862. The maximum atomic E-state index is 12.5. The number of sulfonamides is 1. The summed E-state index contributed by atoms with van der Waals surface area (Å²) in [7, 11) is -3.86. The Hall–Kier alpha value is -1.76. The highest BCUT2D eigenvalue weighted by Gasteiger charge is 2.21. The van der Waals surface area contributed by atoms with Crippen LogP contribution < -0.4 is 9.62 Å². The minimum Gasteiger partial charge on any atom is -0.312 e. The number of halogens is 2. The molecular formula is C17H16Cl2N2O3S. The van der Waals surface area contributed by atoms with E-state index in [1.54, 1.807) is 29.2 Å². The molecule has 1 heterocycles. The van der Waals surface area contributed by atoms with Crippen LogP contribution >= 0.6 is 23.2 Å². The molecule has 0 saturated carbocycles. The summed E-state index contributed by atoms with van der Waals surface area (Å²) < 4.78 is 27.5. The van der Waals surface area contributed by atoms with Gasteiger partial charge >= 0.3 is 0 Å². The Bertz CT molecular complexity index is 899. The Morgan fingerprint density at radius 1 is 1.00 bits per heavy atom. The number of amides is 1. The van der Waals surface area contributed by atoms with E-state index in [1.807, 2.05) is 0 Å². The van der Waals surface area contributed by atoms with Crippen LogP contribution in [0.4, 0.5) is 11.4 Å². The van der Waals surface area contributed by atoms with Crippen molar-refractivity contribution in [3.8, 4) is 0 Å².